The molecule has 11 heteroatoms. The quantitative estimate of drug-likeness (QED) is 0.478. The second-order valence-corrected chi connectivity index (χ2v) is 7.81. The maximum Gasteiger partial charge on any atom is 0.408 e. The number of rotatable bonds is 9. The van der Waals surface area contributed by atoms with Crippen LogP contribution in [0.1, 0.15) is 25.3 Å². The van der Waals surface area contributed by atoms with E-state index in [1.807, 2.05) is 5.32 Å². The van der Waals surface area contributed by atoms with Crippen molar-refractivity contribution < 1.29 is 37.4 Å². The van der Waals surface area contributed by atoms with Gasteiger partial charge in [-0.2, -0.15) is 13.2 Å². The molecule has 1 aliphatic carbocycles. The fraction of sp³-hybridized carbons (Fsp3) is 0.450. The monoisotopic (exact) mass is 462 g/mol. The number of hydrogen-bond donors (Lipinski definition) is 3. The van der Waals surface area contributed by atoms with Crippen molar-refractivity contribution in [3.63, 3.8) is 0 Å². The number of amides is 2. The summed E-state index contributed by atoms with van der Waals surface area (Å²) >= 11 is 6.06. The molecule has 7 nitrogen and oxygen atoms in total. The third kappa shape index (κ3) is 6.36. The molecule has 1 fully saturated rings. The Morgan fingerprint density at radius 1 is 1.35 bits per heavy atom. The SMILES string of the molecule is C=CCOC(=O)NC(C(=O)Nc1cc(CC2(C(=O)O)CC2)ccc1Cl)[C@@H](C)C(F)(F)F. The molecule has 1 aliphatic rings. The number of alkyl carbamates (subject to hydrolysis) is 1. The molecule has 3 N–H and O–H groups in total. The number of aliphatic carboxylic acids is 1. The van der Waals surface area contributed by atoms with E-state index < -0.39 is 41.5 Å². The smallest absolute Gasteiger partial charge is 0.408 e. The van der Waals surface area contributed by atoms with Crippen LogP contribution in [0.25, 0.3) is 0 Å². The molecule has 0 saturated heterocycles. The van der Waals surface area contributed by atoms with Crippen molar-refractivity contribution >= 4 is 35.3 Å². The van der Waals surface area contributed by atoms with Gasteiger partial charge in [0.2, 0.25) is 5.91 Å². The maximum absolute atomic E-state index is 13.2. The number of carboxylic acid groups (broad SMARTS) is 1. The van der Waals surface area contributed by atoms with Crippen molar-refractivity contribution in [3.8, 4) is 0 Å². The van der Waals surface area contributed by atoms with Crippen LogP contribution in [0.5, 0.6) is 0 Å². The van der Waals surface area contributed by atoms with Crippen LogP contribution in [0.15, 0.2) is 30.9 Å². The van der Waals surface area contributed by atoms with Crippen LogP contribution < -0.4 is 10.6 Å². The summed E-state index contributed by atoms with van der Waals surface area (Å²) in [5.74, 6) is -4.32. The lowest BCUT2D eigenvalue weighted by Gasteiger charge is -2.26. The highest BCUT2D eigenvalue weighted by Crippen LogP contribution is 2.49. The third-order valence-corrected chi connectivity index (χ3v) is 5.37. The predicted octanol–water partition coefficient (Wildman–Crippen LogP) is 4.17. The van der Waals surface area contributed by atoms with Gasteiger partial charge in [-0.15, -0.1) is 0 Å². The number of hydrogen-bond acceptors (Lipinski definition) is 4. The Morgan fingerprint density at radius 3 is 2.52 bits per heavy atom. The zero-order chi connectivity index (χ0) is 23.4. The molecule has 1 aromatic carbocycles. The zero-order valence-corrected chi connectivity index (χ0v) is 17.3. The van der Waals surface area contributed by atoms with Gasteiger partial charge in [-0.3, -0.25) is 9.59 Å². The molecule has 0 bridgehead atoms. The second kappa shape index (κ2) is 9.59. The number of carbonyl (C=O) groups excluding carboxylic acids is 2. The fourth-order valence-electron chi connectivity index (χ4n) is 2.91. The van der Waals surface area contributed by atoms with Gasteiger partial charge in [-0.25, -0.2) is 4.79 Å². The topological polar surface area (TPSA) is 105 Å². The lowest BCUT2D eigenvalue weighted by atomic mass is 9.96. The molecule has 170 valence electrons. The van der Waals surface area contributed by atoms with Crippen LogP contribution in [-0.2, 0) is 20.7 Å². The van der Waals surface area contributed by atoms with E-state index in [4.69, 9.17) is 11.6 Å². The minimum absolute atomic E-state index is 0.00555. The molecule has 2 amide bonds. The number of benzene rings is 1. The Balaban J connectivity index is 2.21. The molecule has 2 atom stereocenters. The summed E-state index contributed by atoms with van der Waals surface area (Å²) in [5, 5.41) is 13.6. The van der Waals surface area contributed by atoms with E-state index in [-0.39, 0.29) is 23.7 Å². The van der Waals surface area contributed by atoms with Gasteiger partial charge in [-0.1, -0.05) is 37.2 Å². The summed E-state index contributed by atoms with van der Waals surface area (Å²) in [4.78, 5) is 35.8. The number of carbonyl (C=O) groups is 3. The highest BCUT2D eigenvalue weighted by atomic mass is 35.5. The molecule has 0 aliphatic heterocycles. The summed E-state index contributed by atoms with van der Waals surface area (Å²) in [6.45, 7) is 3.82. The maximum atomic E-state index is 13.2. The first kappa shape index (κ1) is 24.5. The van der Waals surface area contributed by atoms with Crippen LogP contribution in [0.2, 0.25) is 5.02 Å². The summed E-state index contributed by atoms with van der Waals surface area (Å²) in [5.41, 5.74) is -0.316. The molecule has 1 unspecified atom stereocenters. The first-order chi connectivity index (χ1) is 14.4. The lowest BCUT2D eigenvalue weighted by molar-refractivity contribution is -0.178. The number of halogens is 4. The number of nitrogens with one attached hydrogen (secondary N) is 2. The molecular weight excluding hydrogens is 441 g/mol. The van der Waals surface area contributed by atoms with Crippen molar-refractivity contribution in [3.05, 3.63) is 41.4 Å². The van der Waals surface area contributed by atoms with E-state index in [0.29, 0.717) is 18.4 Å². The first-order valence-corrected chi connectivity index (χ1v) is 9.71. The Hall–Kier alpha value is -2.75. The van der Waals surface area contributed by atoms with E-state index >= 15 is 0 Å². The van der Waals surface area contributed by atoms with E-state index in [9.17, 15) is 32.7 Å². The Bertz CT molecular complexity index is 871. The molecule has 0 spiro atoms. The van der Waals surface area contributed by atoms with Crippen molar-refractivity contribution in [1.82, 2.24) is 5.32 Å². The van der Waals surface area contributed by atoms with Crippen molar-refractivity contribution in [1.29, 1.82) is 0 Å². The lowest BCUT2D eigenvalue weighted by Crippen LogP contribution is -2.52. The summed E-state index contributed by atoms with van der Waals surface area (Å²) in [6, 6.07) is 2.42. The molecule has 1 saturated carbocycles. The van der Waals surface area contributed by atoms with Crippen LogP contribution in [0.3, 0.4) is 0 Å². The first-order valence-electron chi connectivity index (χ1n) is 9.33. The van der Waals surface area contributed by atoms with Crippen molar-refractivity contribution in [2.24, 2.45) is 11.3 Å². The zero-order valence-electron chi connectivity index (χ0n) is 16.6. The normalized spacial score (nSPS) is 16.5. The van der Waals surface area contributed by atoms with E-state index in [0.717, 1.165) is 6.92 Å². The number of ether oxygens (including phenoxy) is 1. The largest absolute Gasteiger partial charge is 0.481 e. The Labute approximate surface area is 181 Å². The van der Waals surface area contributed by atoms with Crippen LogP contribution in [-0.4, -0.2) is 41.9 Å². The molecule has 31 heavy (non-hydrogen) atoms. The van der Waals surface area contributed by atoms with Gasteiger partial charge in [0.15, 0.2) is 0 Å². The van der Waals surface area contributed by atoms with E-state index in [2.05, 4.69) is 16.6 Å². The van der Waals surface area contributed by atoms with Gasteiger partial charge in [0.05, 0.1) is 22.0 Å². The summed E-state index contributed by atoms with van der Waals surface area (Å²) < 4.78 is 44.3. The summed E-state index contributed by atoms with van der Waals surface area (Å²) in [6.07, 6.45) is -3.57. The average Bonchev–Trinajstić information content (AvgIpc) is 3.46. The molecule has 0 aromatic heterocycles. The highest BCUT2D eigenvalue weighted by molar-refractivity contribution is 6.33. The van der Waals surface area contributed by atoms with Gasteiger partial charge in [0.25, 0.3) is 0 Å². The van der Waals surface area contributed by atoms with Crippen LogP contribution in [0.4, 0.5) is 23.7 Å². The van der Waals surface area contributed by atoms with Crippen molar-refractivity contribution in [2.45, 2.75) is 38.4 Å². The van der Waals surface area contributed by atoms with E-state index in [1.165, 1.54) is 18.2 Å². The van der Waals surface area contributed by atoms with Crippen LogP contribution in [0, 0.1) is 11.3 Å². The minimum Gasteiger partial charge on any atom is -0.481 e. The average molecular weight is 463 g/mol. The molecule has 2 rings (SSSR count). The van der Waals surface area contributed by atoms with Gasteiger partial charge in [0.1, 0.15) is 12.6 Å². The molecule has 0 radical (unpaired) electrons. The standard InChI is InChI=1S/C20H22ClF3N2O5/c1-3-8-31-18(30)26-15(11(2)20(22,23)24)16(27)25-14-9-12(4-5-13(14)21)10-19(6-7-19)17(28)29/h3-5,9,11,15H,1,6-8,10H2,2H3,(H,25,27)(H,26,30)(H,28,29)/t11-,15?/m1/s1. The van der Waals surface area contributed by atoms with Gasteiger partial charge in [0, 0.05) is 0 Å². The minimum atomic E-state index is -4.78. The van der Waals surface area contributed by atoms with Gasteiger partial charge >= 0.3 is 18.2 Å². The van der Waals surface area contributed by atoms with Gasteiger partial charge in [-0.05, 0) is 37.0 Å². The Morgan fingerprint density at radius 2 is 2.00 bits per heavy atom. The number of carboxylic acids is 1. The molecule has 1 aromatic rings. The second-order valence-electron chi connectivity index (χ2n) is 7.41. The number of alkyl halides is 3. The third-order valence-electron chi connectivity index (χ3n) is 5.04. The van der Waals surface area contributed by atoms with E-state index in [1.54, 1.807) is 6.07 Å². The summed E-state index contributed by atoms with van der Waals surface area (Å²) in [7, 11) is 0. The Kier molecular flexibility index (Phi) is 7.58. The predicted molar refractivity (Wildman–Crippen MR) is 107 cm³/mol. The fourth-order valence-corrected chi connectivity index (χ4v) is 3.07. The highest BCUT2D eigenvalue weighted by Gasteiger charge is 2.50. The molecular formula is C20H22ClF3N2O5. The van der Waals surface area contributed by atoms with Crippen molar-refractivity contribution in [2.75, 3.05) is 11.9 Å². The van der Waals surface area contributed by atoms with Crippen LogP contribution >= 0.6 is 11.6 Å². The molecule has 0 heterocycles. The van der Waals surface area contributed by atoms with Gasteiger partial charge < -0.3 is 20.5 Å². The number of anilines is 1.